The molecular formula is C21H15ClN4O5. The Morgan fingerprint density at radius 2 is 1.94 bits per heavy atom. The van der Waals surface area contributed by atoms with Crippen LogP contribution >= 0.6 is 11.6 Å². The van der Waals surface area contributed by atoms with Crippen LogP contribution in [0.4, 0.5) is 5.69 Å². The van der Waals surface area contributed by atoms with E-state index >= 15 is 0 Å². The lowest BCUT2D eigenvalue weighted by Gasteiger charge is -2.41. The Morgan fingerprint density at radius 3 is 2.61 bits per heavy atom. The summed E-state index contributed by atoms with van der Waals surface area (Å²) < 4.78 is 6.30. The van der Waals surface area contributed by atoms with Crippen molar-refractivity contribution in [2.45, 2.75) is 18.5 Å². The number of halogens is 1. The van der Waals surface area contributed by atoms with Gasteiger partial charge < -0.3 is 9.84 Å². The number of carboxylic acid groups (broad SMARTS) is 1. The first-order valence-corrected chi connectivity index (χ1v) is 9.77. The Kier molecular flexibility index (Phi) is 4.13. The predicted octanol–water partition coefficient (Wildman–Crippen LogP) is 2.51. The summed E-state index contributed by atoms with van der Waals surface area (Å²) in [5, 5.41) is 15.0. The van der Waals surface area contributed by atoms with Crippen molar-refractivity contribution >= 4 is 29.2 Å². The first-order valence-electron chi connectivity index (χ1n) is 9.39. The van der Waals surface area contributed by atoms with Crippen LogP contribution in [-0.2, 0) is 15.3 Å². The van der Waals surface area contributed by atoms with Gasteiger partial charge in [0, 0.05) is 29.0 Å². The zero-order valence-corrected chi connectivity index (χ0v) is 17.0. The van der Waals surface area contributed by atoms with E-state index < -0.39 is 17.2 Å². The predicted molar refractivity (Wildman–Crippen MR) is 111 cm³/mol. The van der Waals surface area contributed by atoms with Crippen molar-refractivity contribution in [1.29, 1.82) is 0 Å². The zero-order valence-electron chi connectivity index (χ0n) is 16.2. The van der Waals surface area contributed by atoms with E-state index in [-0.39, 0.29) is 30.3 Å². The van der Waals surface area contributed by atoms with E-state index in [9.17, 15) is 19.5 Å². The average molecular weight is 439 g/mol. The highest BCUT2D eigenvalue weighted by molar-refractivity contribution is 6.31. The highest BCUT2D eigenvalue weighted by atomic mass is 35.5. The highest BCUT2D eigenvalue weighted by Crippen LogP contribution is 2.48. The molecule has 3 aromatic rings. The van der Waals surface area contributed by atoms with Crippen molar-refractivity contribution in [3.05, 3.63) is 57.8 Å². The third-order valence-electron chi connectivity index (χ3n) is 5.61. The normalized spacial score (nSPS) is 18.9. The molecule has 0 bridgehead atoms. The minimum absolute atomic E-state index is 0.0134. The third-order valence-corrected chi connectivity index (χ3v) is 5.85. The van der Waals surface area contributed by atoms with Gasteiger partial charge in [0.25, 0.3) is 5.56 Å². The summed E-state index contributed by atoms with van der Waals surface area (Å²) in [6.07, 6.45) is -0.00464. The maximum atomic E-state index is 12.9. The molecule has 0 aliphatic carbocycles. The second-order valence-electron chi connectivity index (χ2n) is 7.24. The van der Waals surface area contributed by atoms with E-state index in [1.165, 1.54) is 16.7 Å². The molecule has 10 heteroatoms. The molecule has 0 radical (unpaired) electrons. The van der Waals surface area contributed by atoms with Crippen LogP contribution in [0.5, 0.6) is 5.75 Å². The molecule has 1 N–H and O–H groups in total. The smallest absolute Gasteiger partial charge is 0.353 e. The molecular weight excluding hydrogens is 424 g/mol. The van der Waals surface area contributed by atoms with Gasteiger partial charge >= 0.3 is 5.97 Å². The molecule has 1 atom stereocenters. The van der Waals surface area contributed by atoms with Crippen molar-refractivity contribution in [3.63, 3.8) is 0 Å². The lowest BCUT2D eigenvalue weighted by Crippen LogP contribution is -2.58. The summed E-state index contributed by atoms with van der Waals surface area (Å²) in [7, 11) is 1.52. The fraction of sp³-hybridized carbons (Fsp3) is 0.190. The Bertz CT molecular complexity index is 1320. The molecule has 2 aliphatic rings. The van der Waals surface area contributed by atoms with E-state index in [1.54, 1.807) is 42.5 Å². The number of hydrogen-bond donors (Lipinski definition) is 1. The number of amides is 1. The number of anilines is 1. The molecule has 31 heavy (non-hydrogen) atoms. The second-order valence-corrected chi connectivity index (χ2v) is 7.68. The van der Waals surface area contributed by atoms with Crippen molar-refractivity contribution in [1.82, 2.24) is 14.8 Å². The largest absolute Gasteiger partial charge is 0.497 e. The Hall–Kier alpha value is -3.72. The van der Waals surface area contributed by atoms with Gasteiger partial charge in [-0.25, -0.2) is 9.48 Å². The van der Waals surface area contributed by atoms with Crippen LogP contribution in [0.25, 0.3) is 22.6 Å². The van der Waals surface area contributed by atoms with Gasteiger partial charge in [0.05, 0.1) is 12.8 Å². The third kappa shape index (κ3) is 2.59. The van der Waals surface area contributed by atoms with Gasteiger partial charge in [-0.05, 0) is 42.5 Å². The molecule has 9 nitrogen and oxygen atoms in total. The number of carboxylic acids is 1. The SMILES string of the molecule is COc1ccc(-c2nn3c(nc2=O)-c2cc(Cl)ccc2N2C(=O)CC[C@]23C(=O)O)cc1. The highest BCUT2D eigenvalue weighted by Gasteiger charge is 2.58. The van der Waals surface area contributed by atoms with Crippen LogP contribution in [0, 0.1) is 0 Å². The average Bonchev–Trinajstić information content (AvgIpc) is 3.12. The maximum Gasteiger partial charge on any atom is 0.353 e. The van der Waals surface area contributed by atoms with Crippen molar-refractivity contribution < 1.29 is 19.4 Å². The summed E-state index contributed by atoms with van der Waals surface area (Å²) >= 11 is 6.15. The van der Waals surface area contributed by atoms with Gasteiger partial charge in [-0.3, -0.25) is 14.5 Å². The molecule has 1 amide bonds. The van der Waals surface area contributed by atoms with E-state index in [4.69, 9.17) is 16.3 Å². The first-order chi connectivity index (χ1) is 14.9. The minimum Gasteiger partial charge on any atom is -0.497 e. The molecule has 5 rings (SSSR count). The number of carbonyl (C=O) groups excluding carboxylic acids is 1. The van der Waals surface area contributed by atoms with Crippen molar-refractivity contribution in [2.75, 3.05) is 12.0 Å². The molecule has 1 aromatic heterocycles. The van der Waals surface area contributed by atoms with Gasteiger partial charge in [-0.15, -0.1) is 0 Å². The van der Waals surface area contributed by atoms with Crippen molar-refractivity contribution in [2.24, 2.45) is 0 Å². The van der Waals surface area contributed by atoms with E-state index in [0.29, 0.717) is 27.6 Å². The van der Waals surface area contributed by atoms with Gasteiger partial charge in [0.1, 0.15) is 5.75 Å². The monoisotopic (exact) mass is 438 g/mol. The molecule has 1 fully saturated rings. The van der Waals surface area contributed by atoms with E-state index in [0.717, 1.165) is 0 Å². The fourth-order valence-corrected chi connectivity index (χ4v) is 4.34. The first kappa shape index (κ1) is 19.3. The number of methoxy groups -OCH3 is 1. The molecule has 2 aromatic carbocycles. The van der Waals surface area contributed by atoms with Gasteiger partial charge in [-0.2, -0.15) is 10.1 Å². The molecule has 2 aliphatic heterocycles. The Morgan fingerprint density at radius 1 is 1.19 bits per heavy atom. The molecule has 3 heterocycles. The summed E-state index contributed by atoms with van der Waals surface area (Å²) in [5.74, 6) is -0.983. The van der Waals surface area contributed by atoms with Crippen LogP contribution in [-0.4, -0.2) is 38.9 Å². The van der Waals surface area contributed by atoms with E-state index in [2.05, 4.69) is 10.1 Å². The summed E-state index contributed by atoms with van der Waals surface area (Å²) in [6.45, 7) is 0. The number of fused-ring (bicyclic) bond motifs is 6. The molecule has 0 spiro atoms. The van der Waals surface area contributed by atoms with Gasteiger partial charge in [0.15, 0.2) is 11.5 Å². The number of ether oxygens (including phenoxy) is 1. The molecule has 0 saturated carbocycles. The number of aliphatic carboxylic acids is 1. The summed E-state index contributed by atoms with van der Waals surface area (Å²) in [6, 6.07) is 11.3. The van der Waals surface area contributed by atoms with Crippen LogP contribution < -0.4 is 15.2 Å². The number of aromatic nitrogens is 3. The number of hydrogen-bond acceptors (Lipinski definition) is 6. The van der Waals surface area contributed by atoms with Crippen LogP contribution in [0.2, 0.25) is 5.02 Å². The molecule has 0 unspecified atom stereocenters. The second kappa shape index (κ2) is 6.64. The van der Waals surface area contributed by atoms with Gasteiger partial charge in [-0.1, -0.05) is 11.6 Å². The number of rotatable bonds is 3. The lowest BCUT2D eigenvalue weighted by molar-refractivity contribution is -0.148. The quantitative estimate of drug-likeness (QED) is 0.668. The maximum absolute atomic E-state index is 12.9. The number of benzene rings is 2. The fourth-order valence-electron chi connectivity index (χ4n) is 4.17. The topological polar surface area (TPSA) is 115 Å². The molecule has 1 saturated heterocycles. The summed E-state index contributed by atoms with van der Waals surface area (Å²) in [5.41, 5.74) is -1.33. The van der Waals surface area contributed by atoms with Crippen LogP contribution in [0.1, 0.15) is 12.8 Å². The zero-order chi connectivity index (χ0) is 21.9. The van der Waals surface area contributed by atoms with Crippen LogP contribution in [0.15, 0.2) is 47.3 Å². The minimum atomic E-state index is -1.82. The number of carbonyl (C=O) groups is 2. The molecule has 156 valence electrons. The van der Waals surface area contributed by atoms with Crippen LogP contribution in [0.3, 0.4) is 0 Å². The van der Waals surface area contributed by atoms with Crippen molar-refractivity contribution in [3.8, 4) is 28.4 Å². The van der Waals surface area contributed by atoms with E-state index in [1.807, 2.05) is 0 Å². The summed E-state index contributed by atoms with van der Waals surface area (Å²) in [4.78, 5) is 43.6. The Labute approximate surface area is 180 Å². The standard InChI is InChI=1S/C21H15ClN4O5/c1-31-13-5-2-11(3-6-13)17-19(28)23-18-14-10-12(22)4-7-15(14)25-16(27)8-9-21(25,20(29)30)26(18)24-17/h2-7,10H,8-9H2,1H3,(H,29,30)/t21-/m0/s1. The number of nitrogens with zero attached hydrogens (tertiary/aromatic N) is 4. The van der Waals surface area contributed by atoms with Gasteiger partial charge in [0.2, 0.25) is 11.6 Å². The lowest BCUT2D eigenvalue weighted by atomic mass is 10.00. The Balaban J connectivity index is 1.84.